The zero-order valence-corrected chi connectivity index (χ0v) is 31.6. The van der Waals surface area contributed by atoms with Crippen molar-refractivity contribution in [3.8, 4) is 0 Å². The van der Waals surface area contributed by atoms with E-state index < -0.39 is 97.8 Å². The summed E-state index contributed by atoms with van der Waals surface area (Å²) in [6.07, 6.45) is -7.91. The molecule has 0 aromatic carbocycles. The predicted octanol–water partition coefficient (Wildman–Crippen LogP) is 0.977. The molecule has 13 nitrogen and oxygen atoms in total. The Morgan fingerprint density at radius 3 is 2.13 bits per heavy atom. The van der Waals surface area contributed by atoms with Gasteiger partial charge in [0.25, 0.3) is 0 Å². The lowest BCUT2D eigenvalue weighted by Gasteiger charge is -2.61. The topological polar surface area (TPSA) is 219 Å². The van der Waals surface area contributed by atoms with Crippen LogP contribution < -0.4 is 0 Å². The third-order valence-corrected chi connectivity index (χ3v) is 14.7. The van der Waals surface area contributed by atoms with Crippen LogP contribution in [-0.4, -0.2) is 138 Å². The molecule has 13 heteroatoms. The molecular formula is C39H66O13. The Hall–Kier alpha value is -0.780. The van der Waals surface area contributed by atoms with Crippen LogP contribution in [0.4, 0.5) is 0 Å². The van der Waals surface area contributed by atoms with Crippen molar-refractivity contribution in [2.75, 3.05) is 6.61 Å². The highest BCUT2D eigenvalue weighted by molar-refractivity contribution is 5.28. The van der Waals surface area contributed by atoms with Crippen LogP contribution in [0.25, 0.3) is 0 Å². The van der Waals surface area contributed by atoms with Crippen molar-refractivity contribution in [3.05, 3.63) is 11.6 Å². The standard InChI is InChI=1S/C39H66O13/c1-17(2)7-10-25(41)18(3)29-26(42)15-24-22-9-8-20-13-21(50-37-35(48)33(46)31(44)27(16-40)51-37)14-28(39(20,6)23(22)11-12-38(24,29)5)52-36-34(47)32(45)30(43)19(4)49-36/h8,17-19,21-37,40-48H,7,9-16H2,1-6H3. The van der Waals surface area contributed by atoms with Crippen molar-refractivity contribution in [2.24, 2.45) is 46.3 Å². The van der Waals surface area contributed by atoms with Gasteiger partial charge in [0.1, 0.15) is 42.7 Å². The molecule has 0 radical (unpaired) electrons. The quantitative estimate of drug-likeness (QED) is 0.143. The van der Waals surface area contributed by atoms with Gasteiger partial charge in [-0.25, -0.2) is 0 Å². The Balaban J connectivity index is 1.29. The third kappa shape index (κ3) is 7.07. The minimum Gasteiger partial charge on any atom is -0.394 e. The van der Waals surface area contributed by atoms with Crippen molar-refractivity contribution in [2.45, 2.75) is 179 Å². The number of hydrogen-bond donors (Lipinski definition) is 9. The molecular weight excluding hydrogens is 676 g/mol. The van der Waals surface area contributed by atoms with Gasteiger partial charge in [0.15, 0.2) is 12.6 Å². The van der Waals surface area contributed by atoms with Gasteiger partial charge in [0, 0.05) is 11.8 Å². The van der Waals surface area contributed by atoms with Crippen LogP contribution in [-0.2, 0) is 18.9 Å². The van der Waals surface area contributed by atoms with E-state index in [4.69, 9.17) is 18.9 Å². The van der Waals surface area contributed by atoms with Crippen LogP contribution >= 0.6 is 0 Å². The summed E-state index contributed by atoms with van der Waals surface area (Å²) in [6.45, 7) is 11.9. The molecule has 300 valence electrons. The maximum absolute atomic E-state index is 11.7. The monoisotopic (exact) mass is 742 g/mol. The van der Waals surface area contributed by atoms with E-state index in [1.807, 2.05) is 0 Å². The molecule has 0 amide bonds. The molecule has 0 aromatic rings. The van der Waals surface area contributed by atoms with E-state index in [1.165, 1.54) is 0 Å². The van der Waals surface area contributed by atoms with Gasteiger partial charge < -0.3 is 64.9 Å². The molecule has 2 aliphatic heterocycles. The number of hydrogen-bond acceptors (Lipinski definition) is 13. The number of rotatable bonds is 10. The van der Waals surface area contributed by atoms with E-state index in [2.05, 4.69) is 40.7 Å². The minimum absolute atomic E-state index is 0.0336. The summed E-state index contributed by atoms with van der Waals surface area (Å²) in [4.78, 5) is 0. The average molecular weight is 743 g/mol. The zero-order valence-electron chi connectivity index (χ0n) is 31.6. The van der Waals surface area contributed by atoms with E-state index in [-0.39, 0.29) is 41.4 Å². The van der Waals surface area contributed by atoms with Gasteiger partial charge in [-0.3, -0.25) is 0 Å². The van der Waals surface area contributed by atoms with E-state index in [0.29, 0.717) is 25.2 Å². The van der Waals surface area contributed by atoms with Crippen molar-refractivity contribution in [3.63, 3.8) is 0 Å². The van der Waals surface area contributed by atoms with Crippen LogP contribution in [0.2, 0.25) is 0 Å². The average Bonchev–Trinajstić information content (AvgIpc) is 3.38. The number of allylic oxidation sites excluding steroid dienone is 1. The fourth-order valence-corrected chi connectivity index (χ4v) is 11.6. The van der Waals surface area contributed by atoms with Crippen molar-refractivity contribution in [1.29, 1.82) is 0 Å². The lowest BCUT2D eigenvalue weighted by molar-refractivity contribution is -0.331. The molecule has 6 aliphatic rings. The summed E-state index contributed by atoms with van der Waals surface area (Å²) < 4.78 is 24.7. The number of ether oxygens (including phenoxy) is 4. The van der Waals surface area contributed by atoms with Gasteiger partial charge in [-0.2, -0.15) is 0 Å². The summed E-state index contributed by atoms with van der Waals surface area (Å²) in [7, 11) is 0. The van der Waals surface area contributed by atoms with E-state index >= 15 is 0 Å². The molecule has 0 bridgehead atoms. The fourth-order valence-electron chi connectivity index (χ4n) is 11.6. The first-order valence-corrected chi connectivity index (χ1v) is 19.8. The van der Waals surface area contributed by atoms with Gasteiger partial charge >= 0.3 is 0 Å². The molecule has 0 spiro atoms. The first kappa shape index (κ1) is 40.9. The number of aliphatic hydroxyl groups excluding tert-OH is 9. The Labute approximate surface area is 307 Å². The second-order valence-corrected chi connectivity index (χ2v) is 18.1. The van der Waals surface area contributed by atoms with E-state index in [1.54, 1.807) is 6.92 Å². The lowest BCUT2D eigenvalue weighted by Crippen LogP contribution is -2.62. The van der Waals surface area contributed by atoms with Gasteiger partial charge in [-0.15, -0.1) is 0 Å². The van der Waals surface area contributed by atoms with Gasteiger partial charge in [-0.05, 0) is 92.8 Å². The van der Waals surface area contributed by atoms with Gasteiger partial charge in [-0.1, -0.05) is 46.3 Å². The molecule has 21 unspecified atom stereocenters. The molecule has 2 heterocycles. The van der Waals surface area contributed by atoms with Gasteiger partial charge in [0.05, 0.1) is 37.1 Å². The van der Waals surface area contributed by atoms with Gasteiger partial charge in [0.2, 0.25) is 0 Å². The van der Waals surface area contributed by atoms with Crippen LogP contribution in [0.5, 0.6) is 0 Å². The molecule has 21 atom stereocenters. The second kappa shape index (κ2) is 15.6. The van der Waals surface area contributed by atoms with Crippen LogP contribution in [0.15, 0.2) is 11.6 Å². The lowest BCUT2D eigenvalue weighted by atomic mass is 9.46. The fraction of sp³-hybridized carbons (Fsp3) is 0.949. The summed E-state index contributed by atoms with van der Waals surface area (Å²) in [5.41, 5.74) is 0.339. The van der Waals surface area contributed by atoms with Crippen molar-refractivity contribution < 1.29 is 64.9 Å². The normalized spacial score (nSPS) is 52.0. The largest absolute Gasteiger partial charge is 0.394 e. The maximum Gasteiger partial charge on any atom is 0.186 e. The highest BCUT2D eigenvalue weighted by atomic mass is 16.7. The van der Waals surface area contributed by atoms with E-state index in [9.17, 15) is 46.0 Å². The Kier molecular flexibility index (Phi) is 12.3. The SMILES string of the molecule is CC(C)CCC(O)C(C)C1C(O)CC2C3CC=C4CC(OC5OC(CO)C(O)C(O)C5O)CC(OC5OC(C)C(O)C(O)C5O)C4(C)C3CCC21C. The summed E-state index contributed by atoms with van der Waals surface area (Å²) >= 11 is 0. The first-order valence-electron chi connectivity index (χ1n) is 19.8. The summed E-state index contributed by atoms with van der Waals surface area (Å²) in [5.74, 6) is 0.953. The molecule has 3 saturated carbocycles. The smallest absolute Gasteiger partial charge is 0.186 e. The maximum atomic E-state index is 11.7. The van der Waals surface area contributed by atoms with Crippen LogP contribution in [0.3, 0.4) is 0 Å². The van der Waals surface area contributed by atoms with Crippen molar-refractivity contribution in [1.82, 2.24) is 0 Å². The third-order valence-electron chi connectivity index (χ3n) is 14.7. The molecule has 5 fully saturated rings. The predicted molar refractivity (Wildman–Crippen MR) is 187 cm³/mol. The molecule has 9 N–H and O–H groups in total. The summed E-state index contributed by atoms with van der Waals surface area (Å²) in [6, 6.07) is 0. The number of aliphatic hydroxyl groups is 9. The zero-order chi connectivity index (χ0) is 38.0. The molecule has 4 aliphatic carbocycles. The highest BCUT2D eigenvalue weighted by Gasteiger charge is 2.64. The Bertz CT molecular complexity index is 1250. The minimum atomic E-state index is -1.59. The van der Waals surface area contributed by atoms with Crippen LogP contribution in [0.1, 0.15) is 92.9 Å². The molecule has 2 saturated heterocycles. The molecule has 0 aromatic heterocycles. The Morgan fingerprint density at radius 2 is 1.48 bits per heavy atom. The molecule has 6 rings (SSSR count). The highest BCUT2D eigenvalue weighted by Crippen LogP contribution is 2.68. The second-order valence-electron chi connectivity index (χ2n) is 18.1. The van der Waals surface area contributed by atoms with Crippen LogP contribution in [0, 0.1) is 46.3 Å². The first-order chi connectivity index (χ1) is 24.4. The molecule has 52 heavy (non-hydrogen) atoms. The van der Waals surface area contributed by atoms with Crippen molar-refractivity contribution >= 4 is 0 Å². The summed E-state index contributed by atoms with van der Waals surface area (Å²) in [5, 5.41) is 96.4. The van der Waals surface area contributed by atoms with E-state index in [0.717, 1.165) is 31.3 Å². The number of fused-ring (bicyclic) bond motifs is 5. The Morgan fingerprint density at radius 1 is 0.827 bits per heavy atom.